The maximum absolute atomic E-state index is 12.6. The highest BCUT2D eigenvalue weighted by Crippen LogP contribution is 2.41. The second-order valence-electron chi connectivity index (χ2n) is 5.74. The Morgan fingerprint density at radius 2 is 2.50 bits per heavy atom. The lowest BCUT2D eigenvalue weighted by molar-refractivity contribution is 0.0315. The number of nitrogens with zero attached hydrogens (tertiary/aromatic N) is 3. The molecule has 6 heteroatoms. The normalized spacial score (nSPS) is 28.9. The van der Waals surface area contributed by atoms with Crippen LogP contribution < -0.4 is 0 Å². The van der Waals surface area contributed by atoms with Crippen LogP contribution in [0.25, 0.3) is 0 Å². The number of hydrogen-bond acceptors (Lipinski definition) is 4. The Kier molecular flexibility index (Phi) is 3.52. The molecule has 2 saturated heterocycles. The minimum absolute atomic E-state index is 0.0235. The van der Waals surface area contributed by atoms with Crippen molar-refractivity contribution >= 4 is 5.91 Å². The van der Waals surface area contributed by atoms with Crippen molar-refractivity contribution in [1.29, 1.82) is 0 Å². The maximum Gasteiger partial charge on any atom is 0.272 e. The lowest BCUT2D eigenvalue weighted by atomic mass is 9.82. The van der Waals surface area contributed by atoms with Crippen LogP contribution in [0.15, 0.2) is 12.3 Å². The molecule has 3 heterocycles. The first kappa shape index (κ1) is 13.6. The molecule has 0 bridgehead atoms. The number of aromatic nitrogens is 2. The summed E-state index contributed by atoms with van der Waals surface area (Å²) in [6, 6.07) is 1.77. The molecule has 1 aromatic heterocycles. The Labute approximate surface area is 118 Å². The molecule has 2 atom stereocenters. The molecule has 0 spiro atoms. The molecule has 6 nitrogen and oxygen atoms in total. The van der Waals surface area contributed by atoms with Crippen LogP contribution in [-0.2, 0) is 16.5 Å². The van der Waals surface area contributed by atoms with Gasteiger partial charge in [-0.3, -0.25) is 9.48 Å². The highest BCUT2D eigenvalue weighted by Gasteiger charge is 2.52. The number of rotatable bonds is 4. The van der Waals surface area contributed by atoms with Crippen molar-refractivity contribution in [2.75, 3.05) is 39.5 Å². The van der Waals surface area contributed by atoms with E-state index in [-0.39, 0.29) is 11.3 Å². The van der Waals surface area contributed by atoms with Gasteiger partial charge in [-0.1, -0.05) is 0 Å². The molecule has 0 N–H and O–H groups in total. The summed E-state index contributed by atoms with van der Waals surface area (Å²) in [5.41, 5.74) is 0.613. The first-order valence-corrected chi connectivity index (χ1v) is 7.09. The zero-order valence-corrected chi connectivity index (χ0v) is 12.0. The SMILES string of the molecule is CCOC[C@]12COC[C@H]1CN(C(=O)c1ccnn1C)C2. The molecule has 1 aromatic rings. The Morgan fingerprint density at radius 1 is 1.65 bits per heavy atom. The van der Waals surface area contributed by atoms with Gasteiger partial charge in [-0.25, -0.2) is 0 Å². The van der Waals surface area contributed by atoms with E-state index in [1.165, 1.54) is 0 Å². The summed E-state index contributed by atoms with van der Waals surface area (Å²) in [4.78, 5) is 14.5. The Balaban J connectivity index is 1.75. The molecule has 0 radical (unpaired) electrons. The minimum atomic E-state index is -0.0235. The van der Waals surface area contributed by atoms with Crippen molar-refractivity contribution in [3.8, 4) is 0 Å². The third-order valence-corrected chi connectivity index (χ3v) is 4.44. The summed E-state index contributed by atoms with van der Waals surface area (Å²) >= 11 is 0. The van der Waals surface area contributed by atoms with Gasteiger partial charge in [-0.2, -0.15) is 5.10 Å². The number of likely N-dealkylation sites (tertiary alicyclic amines) is 1. The number of carbonyl (C=O) groups is 1. The van der Waals surface area contributed by atoms with Crippen molar-refractivity contribution in [3.63, 3.8) is 0 Å². The average Bonchev–Trinajstić information content (AvgIpc) is 3.09. The number of fused-ring (bicyclic) bond motifs is 1. The van der Waals surface area contributed by atoms with Crippen LogP contribution in [0.3, 0.4) is 0 Å². The predicted molar refractivity (Wildman–Crippen MR) is 72.3 cm³/mol. The van der Waals surface area contributed by atoms with Crippen LogP contribution in [0, 0.1) is 11.3 Å². The van der Waals surface area contributed by atoms with Crippen LogP contribution in [0.1, 0.15) is 17.4 Å². The summed E-state index contributed by atoms with van der Waals surface area (Å²) in [5, 5.41) is 4.07. The van der Waals surface area contributed by atoms with Gasteiger partial charge in [0.2, 0.25) is 0 Å². The quantitative estimate of drug-likeness (QED) is 0.807. The van der Waals surface area contributed by atoms with E-state index in [1.807, 2.05) is 11.8 Å². The van der Waals surface area contributed by atoms with Gasteiger partial charge in [0.15, 0.2) is 0 Å². The van der Waals surface area contributed by atoms with Gasteiger partial charge in [0, 0.05) is 44.3 Å². The highest BCUT2D eigenvalue weighted by atomic mass is 16.5. The molecule has 0 unspecified atom stereocenters. The highest BCUT2D eigenvalue weighted by molar-refractivity contribution is 5.92. The van der Waals surface area contributed by atoms with Crippen molar-refractivity contribution in [2.45, 2.75) is 6.92 Å². The fourth-order valence-electron chi connectivity index (χ4n) is 3.24. The minimum Gasteiger partial charge on any atom is -0.381 e. The number of hydrogen-bond donors (Lipinski definition) is 0. The molecular weight excluding hydrogens is 258 g/mol. The fraction of sp³-hybridized carbons (Fsp3) is 0.714. The molecule has 2 aliphatic rings. The Hall–Kier alpha value is -1.40. The van der Waals surface area contributed by atoms with Crippen LogP contribution in [-0.4, -0.2) is 60.1 Å². The number of aryl methyl sites for hydroxylation is 1. The van der Waals surface area contributed by atoms with E-state index >= 15 is 0 Å². The van der Waals surface area contributed by atoms with E-state index in [1.54, 1.807) is 24.0 Å². The van der Waals surface area contributed by atoms with E-state index in [0.717, 1.165) is 13.2 Å². The molecule has 110 valence electrons. The molecule has 3 rings (SSSR count). The van der Waals surface area contributed by atoms with Crippen molar-refractivity contribution in [2.24, 2.45) is 18.4 Å². The zero-order chi connectivity index (χ0) is 14.2. The van der Waals surface area contributed by atoms with Crippen LogP contribution in [0.5, 0.6) is 0 Å². The number of carbonyl (C=O) groups excluding carboxylic acids is 1. The average molecular weight is 279 g/mol. The maximum atomic E-state index is 12.6. The summed E-state index contributed by atoms with van der Waals surface area (Å²) in [5.74, 6) is 0.432. The van der Waals surface area contributed by atoms with Crippen LogP contribution in [0.2, 0.25) is 0 Å². The van der Waals surface area contributed by atoms with Crippen LogP contribution >= 0.6 is 0 Å². The summed E-state index contributed by atoms with van der Waals surface area (Å²) < 4.78 is 12.9. The van der Waals surface area contributed by atoms with Gasteiger partial charge in [-0.15, -0.1) is 0 Å². The molecule has 0 aromatic carbocycles. The second kappa shape index (κ2) is 5.18. The third kappa shape index (κ3) is 2.13. The third-order valence-electron chi connectivity index (χ3n) is 4.44. The van der Waals surface area contributed by atoms with E-state index in [9.17, 15) is 4.79 Å². The zero-order valence-electron chi connectivity index (χ0n) is 12.0. The van der Waals surface area contributed by atoms with Gasteiger partial charge in [0.05, 0.1) is 19.8 Å². The molecule has 2 fully saturated rings. The summed E-state index contributed by atoms with van der Waals surface area (Å²) in [6.07, 6.45) is 1.66. The lowest BCUT2D eigenvalue weighted by Crippen LogP contribution is -2.37. The van der Waals surface area contributed by atoms with Gasteiger partial charge in [0.25, 0.3) is 5.91 Å². The molecule has 2 aliphatic heterocycles. The standard InChI is InChI=1S/C14H21N3O3/c1-3-19-9-14-8-17(6-11(14)7-20-10-14)13(18)12-4-5-15-16(12)2/h4-5,11H,3,6-10H2,1-2H3/t11-,14-/m1/s1. The molecule has 0 saturated carbocycles. The fourth-order valence-corrected chi connectivity index (χ4v) is 3.24. The van der Waals surface area contributed by atoms with Crippen molar-refractivity contribution < 1.29 is 14.3 Å². The van der Waals surface area contributed by atoms with Crippen molar-refractivity contribution in [3.05, 3.63) is 18.0 Å². The molecular formula is C14H21N3O3. The van der Waals surface area contributed by atoms with Gasteiger partial charge >= 0.3 is 0 Å². The topological polar surface area (TPSA) is 56.6 Å². The Bertz CT molecular complexity index is 502. The lowest BCUT2D eigenvalue weighted by Gasteiger charge is -2.26. The second-order valence-corrected chi connectivity index (χ2v) is 5.74. The van der Waals surface area contributed by atoms with Crippen LogP contribution in [0.4, 0.5) is 0 Å². The summed E-state index contributed by atoms with van der Waals surface area (Å²) in [7, 11) is 1.79. The van der Waals surface area contributed by atoms with Gasteiger partial charge in [-0.05, 0) is 13.0 Å². The van der Waals surface area contributed by atoms with E-state index in [4.69, 9.17) is 9.47 Å². The van der Waals surface area contributed by atoms with E-state index in [0.29, 0.717) is 38.0 Å². The summed E-state index contributed by atoms with van der Waals surface area (Å²) in [6.45, 7) is 6.23. The predicted octanol–water partition coefficient (Wildman–Crippen LogP) is 0.545. The molecule has 20 heavy (non-hydrogen) atoms. The first-order chi connectivity index (χ1) is 9.66. The van der Waals surface area contributed by atoms with E-state index < -0.39 is 0 Å². The smallest absolute Gasteiger partial charge is 0.272 e. The number of ether oxygens (including phenoxy) is 2. The Morgan fingerprint density at radius 3 is 3.20 bits per heavy atom. The van der Waals surface area contributed by atoms with Crippen molar-refractivity contribution in [1.82, 2.24) is 14.7 Å². The van der Waals surface area contributed by atoms with E-state index in [2.05, 4.69) is 5.10 Å². The largest absolute Gasteiger partial charge is 0.381 e. The number of amides is 1. The van der Waals surface area contributed by atoms with Gasteiger partial charge < -0.3 is 14.4 Å². The first-order valence-electron chi connectivity index (χ1n) is 7.09. The molecule has 0 aliphatic carbocycles. The monoisotopic (exact) mass is 279 g/mol. The molecule has 1 amide bonds. The van der Waals surface area contributed by atoms with Gasteiger partial charge in [0.1, 0.15) is 5.69 Å².